The standard InChI is InChI=1S/C6H15O4P/c1-6(8-2)4-5-10-11(7)9-3/h6-7H,4-5H2,1-3H3. The molecule has 0 saturated heterocycles. The zero-order valence-electron chi connectivity index (χ0n) is 7.11. The smallest absolute Gasteiger partial charge is 0.329 e. The molecule has 0 spiro atoms. The van der Waals surface area contributed by atoms with Crippen molar-refractivity contribution in [1.82, 2.24) is 0 Å². The van der Waals surface area contributed by atoms with Gasteiger partial charge >= 0.3 is 8.60 Å². The van der Waals surface area contributed by atoms with E-state index in [1.807, 2.05) is 6.92 Å². The number of hydrogen-bond acceptors (Lipinski definition) is 4. The molecule has 0 radical (unpaired) electrons. The number of methoxy groups -OCH3 is 1. The van der Waals surface area contributed by atoms with Crippen molar-refractivity contribution in [2.45, 2.75) is 19.4 Å². The largest absolute Gasteiger partial charge is 0.382 e. The summed E-state index contributed by atoms with van der Waals surface area (Å²) in [6.45, 7) is 2.40. The van der Waals surface area contributed by atoms with Gasteiger partial charge in [-0.2, -0.15) is 0 Å². The second-order valence-electron chi connectivity index (χ2n) is 2.09. The van der Waals surface area contributed by atoms with Gasteiger partial charge in [0.25, 0.3) is 0 Å². The molecule has 0 aliphatic heterocycles. The Morgan fingerprint density at radius 1 is 1.45 bits per heavy atom. The highest BCUT2D eigenvalue weighted by Gasteiger charge is 2.04. The van der Waals surface area contributed by atoms with E-state index in [0.29, 0.717) is 6.61 Å². The molecule has 0 aliphatic rings. The Labute approximate surface area is 68.5 Å². The molecule has 5 heteroatoms. The van der Waals surface area contributed by atoms with E-state index in [1.165, 1.54) is 7.11 Å². The zero-order chi connectivity index (χ0) is 8.69. The van der Waals surface area contributed by atoms with Crippen molar-refractivity contribution in [3.8, 4) is 0 Å². The predicted octanol–water partition coefficient (Wildman–Crippen LogP) is 1.29. The van der Waals surface area contributed by atoms with Gasteiger partial charge in [-0.1, -0.05) is 0 Å². The van der Waals surface area contributed by atoms with E-state index < -0.39 is 8.60 Å². The Balaban J connectivity index is 3.13. The summed E-state index contributed by atoms with van der Waals surface area (Å²) in [5, 5.41) is 0. The van der Waals surface area contributed by atoms with E-state index in [2.05, 4.69) is 4.52 Å². The fraction of sp³-hybridized carbons (Fsp3) is 1.00. The Morgan fingerprint density at radius 3 is 2.55 bits per heavy atom. The van der Waals surface area contributed by atoms with Gasteiger partial charge in [-0.05, 0) is 13.3 Å². The van der Waals surface area contributed by atoms with Gasteiger partial charge in [0.15, 0.2) is 0 Å². The van der Waals surface area contributed by atoms with E-state index in [-0.39, 0.29) is 6.10 Å². The number of rotatable bonds is 6. The molecule has 11 heavy (non-hydrogen) atoms. The maximum Gasteiger partial charge on any atom is 0.329 e. The molecule has 0 rings (SSSR count). The molecule has 2 unspecified atom stereocenters. The van der Waals surface area contributed by atoms with Gasteiger partial charge < -0.3 is 18.7 Å². The van der Waals surface area contributed by atoms with Crippen LogP contribution in [0.2, 0.25) is 0 Å². The van der Waals surface area contributed by atoms with Crippen LogP contribution in [0.15, 0.2) is 0 Å². The molecular formula is C6H15O4P. The quantitative estimate of drug-likeness (QED) is 0.629. The molecule has 0 aromatic rings. The van der Waals surface area contributed by atoms with Crippen molar-refractivity contribution in [3.63, 3.8) is 0 Å². The fourth-order valence-electron chi connectivity index (χ4n) is 0.467. The van der Waals surface area contributed by atoms with Gasteiger partial charge in [-0.15, -0.1) is 0 Å². The van der Waals surface area contributed by atoms with Crippen LogP contribution in [0, 0.1) is 0 Å². The lowest BCUT2D eigenvalue weighted by Gasteiger charge is -2.10. The predicted molar refractivity (Wildman–Crippen MR) is 43.2 cm³/mol. The molecule has 0 aromatic heterocycles. The van der Waals surface area contributed by atoms with Crippen LogP contribution in [-0.4, -0.2) is 31.8 Å². The van der Waals surface area contributed by atoms with E-state index in [4.69, 9.17) is 14.2 Å². The van der Waals surface area contributed by atoms with Crippen LogP contribution in [0.25, 0.3) is 0 Å². The van der Waals surface area contributed by atoms with Gasteiger partial charge in [0.05, 0.1) is 12.7 Å². The Hall–Kier alpha value is 0.270. The fourth-order valence-corrected chi connectivity index (χ4v) is 0.834. The second-order valence-corrected chi connectivity index (χ2v) is 3.19. The van der Waals surface area contributed by atoms with Crippen LogP contribution in [0.5, 0.6) is 0 Å². The molecule has 0 amide bonds. The molecule has 4 nitrogen and oxygen atoms in total. The first-order valence-corrected chi connectivity index (χ1v) is 4.52. The van der Waals surface area contributed by atoms with Crippen LogP contribution in [-0.2, 0) is 13.8 Å². The van der Waals surface area contributed by atoms with Crippen molar-refractivity contribution >= 4 is 8.60 Å². The third-order valence-electron chi connectivity index (χ3n) is 1.28. The summed E-state index contributed by atoms with van der Waals surface area (Å²) < 4.78 is 14.4. The van der Waals surface area contributed by atoms with Crippen molar-refractivity contribution in [1.29, 1.82) is 0 Å². The lowest BCUT2D eigenvalue weighted by molar-refractivity contribution is 0.0919. The second kappa shape index (κ2) is 6.95. The molecule has 0 heterocycles. The van der Waals surface area contributed by atoms with Crippen LogP contribution >= 0.6 is 8.60 Å². The van der Waals surface area contributed by atoms with Gasteiger partial charge in [0, 0.05) is 14.2 Å². The first kappa shape index (κ1) is 11.3. The zero-order valence-corrected chi connectivity index (χ0v) is 8.01. The first-order chi connectivity index (χ1) is 5.20. The highest BCUT2D eigenvalue weighted by molar-refractivity contribution is 7.40. The number of ether oxygens (including phenoxy) is 1. The molecule has 2 atom stereocenters. The van der Waals surface area contributed by atoms with Crippen LogP contribution in [0.3, 0.4) is 0 Å². The van der Waals surface area contributed by atoms with Gasteiger partial charge in [0.2, 0.25) is 0 Å². The average Bonchev–Trinajstić information content (AvgIpc) is 2.04. The Bertz CT molecular complexity index is 80.7. The Kier molecular flexibility index (Phi) is 7.12. The topological polar surface area (TPSA) is 47.9 Å². The highest BCUT2D eigenvalue weighted by Crippen LogP contribution is 2.31. The van der Waals surface area contributed by atoms with Crippen molar-refractivity contribution in [2.75, 3.05) is 20.8 Å². The molecule has 0 saturated carbocycles. The van der Waals surface area contributed by atoms with Crippen molar-refractivity contribution in [2.24, 2.45) is 0 Å². The lowest BCUT2D eigenvalue weighted by atomic mass is 10.3. The summed E-state index contributed by atoms with van der Waals surface area (Å²) in [7, 11) is 1.38. The minimum Gasteiger partial charge on any atom is -0.382 e. The summed E-state index contributed by atoms with van der Waals surface area (Å²) in [4.78, 5) is 8.82. The maximum absolute atomic E-state index is 8.82. The summed E-state index contributed by atoms with van der Waals surface area (Å²) in [5.74, 6) is 0. The third kappa shape index (κ3) is 6.66. The molecule has 68 valence electrons. The lowest BCUT2D eigenvalue weighted by Crippen LogP contribution is -2.07. The molecule has 0 fully saturated rings. The van der Waals surface area contributed by atoms with E-state index in [1.54, 1.807) is 7.11 Å². The Morgan fingerprint density at radius 2 is 2.09 bits per heavy atom. The minimum atomic E-state index is -1.67. The monoisotopic (exact) mass is 182 g/mol. The van der Waals surface area contributed by atoms with Crippen LogP contribution in [0.4, 0.5) is 0 Å². The highest BCUT2D eigenvalue weighted by atomic mass is 31.2. The molecular weight excluding hydrogens is 167 g/mol. The minimum absolute atomic E-state index is 0.162. The summed E-state index contributed by atoms with van der Waals surface area (Å²) >= 11 is 0. The molecule has 0 aliphatic carbocycles. The van der Waals surface area contributed by atoms with Gasteiger partial charge in [-0.3, -0.25) is 0 Å². The third-order valence-corrected chi connectivity index (χ3v) is 2.00. The normalized spacial score (nSPS) is 16.4. The molecule has 0 aromatic carbocycles. The van der Waals surface area contributed by atoms with Crippen LogP contribution < -0.4 is 0 Å². The summed E-state index contributed by atoms with van der Waals surface area (Å²) in [6.07, 6.45) is 0.925. The van der Waals surface area contributed by atoms with Crippen LogP contribution in [0.1, 0.15) is 13.3 Å². The van der Waals surface area contributed by atoms with Crippen molar-refractivity contribution < 1.29 is 18.7 Å². The number of hydrogen-bond donors (Lipinski definition) is 1. The van der Waals surface area contributed by atoms with Gasteiger partial charge in [-0.25, -0.2) is 0 Å². The van der Waals surface area contributed by atoms with E-state index in [0.717, 1.165) is 6.42 Å². The average molecular weight is 182 g/mol. The van der Waals surface area contributed by atoms with E-state index >= 15 is 0 Å². The molecule has 0 bridgehead atoms. The SMILES string of the molecule is COC(C)CCOP(O)OC. The first-order valence-electron chi connectivity index (χ1n) is 3.39. The van der Waals surface area contributed by atoms with E-state index in [9.17, 15) is 0 Å². The summed E-state index contributed by atoms with van der Waals surface area (Å²) in [5.41, 5.74) is 0. The van der Waals surface area contributed by atoms with Crippen molar-refractivity contribution in [3.05, 3.63) is 0 Å². The summed E-state index contributed by atoms with van der Waals surface area (Å²) in [6, 6.07) is 0. The molecule has 1 N–H and O–H groups in total. The maximum atomic E-state index is 8.82. The van der Waals surface area contributed by atoms with Gasteiger partial charge in [0.1, 0.15) is 0 Å².